The quantitative estimate of drug-likeness (QED) is 0.812. The second-order valence-electron chi connectivity index (χ2n) is 4.24. The largest absolute Gasteiger partial charge is 0.377 e. The third-order valence-corrected chi connectivity index (χ3v) is 3.90. The zero-order valence-corrected chi connectivity index (χ0v) is 13.5. The van der Waals surface area contributed by atoms with Gasteiger partial charge in [-0.25, -0.2) is 0 Å². The van der Waals surface area contributed by atoms with Gasteiger partial charge in [0.05, 0.1) is 6.10 Å². The van der Waals surface area contributed by atoms with E-state index in [0.717, 1.165) is 34.5 Å². The van der Waals surface area contributed by atoms with E-state index < -0.39 is 0 Å². The van der Waals surface area contributed by atoms with Crippen molar-refractivity contribution in [2.75, 3.05) is 13.7 Å². The van der Waals surface area contributed by atoms with Crippen LogP contribution in [0.2, 0.25) is 5.02 Å². The van der Waals surface area contributed by atoms with Crippen molar-refractivity contribution in [1.29, 1.82) is 0 Å². The number of rotatable bonds is 7. The van der Waals surface area contributed by atoms with Gasteiger partial charge in [0.25, 0.3) is 0 Å². The fourth-order valence-electron chi connectivity index (χ4n) is 2.08. The summed E-state index contributed by atoms with van der Waals surface area (Å²) in [5, 5.41) is 4.13. The third-order valence-electron chi connectivity index (χ3n) is 3.06. The molecule has 0 fully saturated rings. The van der Waals surface area contributed by atoms with Crippen molar-refractivity contribution >= 4 is 27.5 Å². The Morgan fingerprint density at radius 2 is 2.11 bits per heavy atom. The van der Waals surface area contributed by atoms with Crippen LogP contribution in [0.25, 0.3) is 0 Å². The van der Waals surface area contributed by atoms with Crippen LogP contribution in [0.5, 0.6) is 0 Å². The normalized spacial score (nSPS) is 14.5. The Labute approximate surface area is 123 Å². The Bertz CT molecular complexity index is 373. The van der Waals surface area contributed by atoms with Gasteiger partial charge in [-0.3, -0.25) is 0 Å². The molecular weight excluding hydrogens is 314 g/mol. The second-order valence-corrected chi connectivity index (χ2v) is 5.56. The van der Waals surface area contributed by atoms with Crippen LogP contribution in [0.4, 0.5) is 0 Å². The highest BCUT2D eigenvalue weighted by atomic mass is 79.9. The molecule has 102 valence electrons. The maximum absolute atomic E-state index is 6.26. The van der Waals surface area contributed by atoms with Gasteiger partial charge in [-0.1, -0.05) is 40.5 Å². The van der Waals surface area contributed by atoms with E-state index in [1.54, 1.807) is 0 Å². The Hall–Kier alpha value is -0.0900. The van der Waals surface area contributed by atoms with Gasteiger partial charge in [-0.15, -0.1) is 0 Å². The van der Waals surface area contributed by atoms with E-state index in [0.29, 0.717) is 0 Å². The molecule has 18 heavy (non-hydrogen) atoms. The number of hydrogen-bond donors (Lipinski definition) is 1. The fourth-order valence-corrected chi connectivity index (χ4v) is 2.83. The minimum atomic E-state index is 0.222. The second kappa shape index (κ2) is 8.16. The molecule has 0 aliphatic rings. The Kier molecular flexibility index (Phi) is 7.23. The lowest BCUT2D eigenvalue weighted by molar-refractivity contribution is 0.0339. The van der Waals surface area contributed by atoms with Gasteiger partial charge in [0.1, 0.15) is 0 Å². The SMILES string of the molecule is CCOC(CC)C(Cc1ccc(Br)cc1Cl)NC. The highest BCUT2D eigenvalue weighted by Gasteiger charge is 2.20. The summed E-state index contributed by atoms with van der Waals surface area (Å²) >= 11 is 9.68. The summed E-state index contributed by atoms with van der Waals surface area (Å²) in [5.41, 5.74) is 1.15. The first-order valence-corrected chi connectivity index (χ1v) is 7.52. The van der Waals surface area contributed by atoms with Crippen LogP contribution in [0, 0.1) is 0 Å². The van der Waals surface area contributed by atoms with Crippen LogP contribution < -0.4 is 5.32 Å². The highest BCUT2D eigenvalue weighted by Crippen LogP contribution is 2.23. The van der Waals surface area contributed by atoms with Crippen LogP contribution in [0.15, 0.2) is 22.7 Å². The van der Waals surface area contributed by atoms with E-state index in [1.807, 2.05) is 26.1 Å². The summed E-state index contributed by atoms with van der Waals surface area (Å²) in [4.78, 5) is 0. The van der Waals surface area contributed by atoms with Crippen LogP contribution in [-0.2, 0) is 11.2 Å². The first-order chi connectivity index (χ1) is 8.62. The van der Waals surface area contributed by atoms with Crippen molar-refractivity contribution in [3.8, 4) is 0 Å². The summed E-state index contributed by atoms with van der Waals surface area (Å²) in [5.74, 6) is 0. The van der Waals surface area contributed by atoms with Crippen molar-refractivity contribution in [2.24, 2.45) is 0 Å². The van der Waals surface area contributed by atoms with Gasteiger partial charge in [0.2, 0.25) is 0 Å². The molecule has 0 aromatic heterocycles. The van der Waals surface area contributed by atoms with Crippen molar-refractivity contribution in [3.05, 3.63) is 33.3 Å². The molecule has 2 unspecified atom stereocenters. The van der Waals surface area contributed by atoms with Gasteiger partial charge >= 0.3 is 0 Å². The van der Waals surface area contributed by atoms with Crippen molar-refractivity contribution in [2.45, 2.75) is 38.8 Å². The van der Waals surface area contributed by atoms with Gasteiger partial charge in [-0.05, 0) is 44.5 Å². The van der Waals surface area contributed by atoms with Crippen molar-refractivity contribution in [1.82, 2.24) is 5.32 Å². The number of benzene rings is 1. The van der Waals surface area contributed by atoms with E-state index in [2.05, 4.69) is 34.2 Å². The minimum Gasteiger partial charge on any atom is -0.377 e. The topological polar surface area (TPSA) is 21.3 Å². The van der Waals surface area contributed by atoms with Crippen LogP contribution >= 0.6 is 27.5 Å². The molecule has 0 spiro atoms. The number of ether oxygens (including phenoxy) is 1. The highest BCUT2D eigenvalue weighted by molar-refractivity contribution is 9.10. The molecule has 0 radical (unpaired) electrons. The summed E-state index contributed by atoms with van der Waals surface area (Å²) in [6.45, 7) is 4.92. The molecule has 2 atom stereocenters. The Morgan fingerprint density at radius 1 is 1.39 bits per heavy atom. The maximum atomic E-state index is 6.26. The fraction of sp³-hybridized carbons (Fsp3) is 0.571. The standard InChI is InChI=1S/C14H21BrClNO/c1-4-14(18-5-2)13(17-3)8-10-6-7-11(15)9-12(10)16/h6-7,9,13-14,17H,4-5,8H2,1-3H3. The molecule has 0 aliphatic carbocycles. The van der Waals surface area contributed by atoms with E-state index in [1.165, 1.54) is 0 Å². The minimum absolute atomic E-state index is 0.222. The molecule has 0 heterocycles. The van der Waals surface area contributed by atoms with E-state index in [-0.39, 0.29) is 12.1 Å². The predicted octanol–water partition coefficient (Wildman–Crippen LogP) is 4.05. The molecular formula is C14H21BrClNO. The number of halogens is 2. The lowest BCUT2D eigenvalue weighted by Crippen LogP contribution is -2.40. The molecule has 1 N–H and O–H groups in total. The molecule has 1 aromatic rings. The predicted molar refractivity (Wildman–Crippen MR) is 81.4 cm³/mol. The molecule has 0 bridgehead atoms. The monoisotopic (exact) mass is 333 g/mol. The van der Waals surface area contributed by atoms with Crippen molar-refractivity contribution in [3.63, 3.8) is 0 Å². The molecule has 1 aromatic carbocycles. The summed E-state index contributed by atoms with van der Waals surface area (Å²) in [6.07, 6.45) is 2.09. The maximum Gasteiger partial charge on any atom is 0.0728 e. The molecule has 0 saturated heterocycles. The Balaban J connectivity index is 2.78. The number of likely N-dealkylation sites (N-methyl/N-ethyl adjacent to an activating group) is 1. The van der Waals surface area contributed by atoms with Crippen LogP contribution in [0.1, 0.15) is 25.8 Å². The average Bonchev–Trinajstić information content (AvgIpc) is 2.36. The summed E-state index contributed by atoms with van der Waals surface area (Å²) in [7, 11) is 1.97. The zero-order valence-electron chi connectivity index (χ0n) is 11.2. The van der Waals surface area contributed by atoms with Gasteiger partial charge < -0.3 is 10.1 Å². The first kappa shape index (κ1) is 16.0. The van der Waals surface area contributed by atoms with Crippen LogP contribution in [-0.4, -0.2) is 25.8 Å². The van der Waals surface area contributed by atoms with Gasteiger partial charge in [0.15, 0.2) is 0 Å². The molecule has 4 heteroatoms. The van der Waals surface area contributed by atoms with E-state index in [9.17, 15) is 0 Å². The molecule has 0 saturated carbocycles. The lowest BCUT2D eigenvalue weighted by atomic mass is 9.99. The van der Waals surface area contributed by atoms with Gasteiger partial charge in [0, 0.05) is 22.1 Å². The van der Waals surface area contributed by atoms with E-state index >= 15 is 0 Å². The van der Waals surface area contributed by atoms with E-state index in [4.69, 9.17) is 16.3 Å². The first-order valence-electron chi connectivity index (χ1n) is 6.35. The molecule has 0 aliphatic heterocycles. The van der Waals surface area contributed by atoms with Crippen LogP contribution in [0.3, 0.4) is 0 Å². The molecule has 0 amide bonds. The number of nitrogens with one attached hydrogen (secondary N) is 1. The Morgan fingerprint density at radius 3 is 2.61 bits per heavy atom. The average molecular weight is 335 g/mol. The number of hydrogen-bond acceptors (Lipinski definition) is 2. The lowest BCUT2D eigenvalue weighted by Gasteiger charge is -2.26. The van der Waals surface area contributed by atoms with Gasteiger partial charge in [-0.2, -0.15) is 0 Å². The smallest absolute Gasteiger partial charge is 0.0728 e. The third kappa shape index (κ3) is 4.54. The summed E-state index contributed by atoms with van der Waals surface area (Å²) < 4.78 is 6.77. The summed E-state index contributed by atoms with van der Waals surface area (Å²) in [6, 6.07) is 6.31. The zero-order chi connectivity index (χ0) is 13.5. The molecule has 2 nitrogen and oxygen atoms in total. The van der Waals surface area contributed by atoms with Crippen molar-refractivity contribution < 1.29 is 4.74 Å². The molecule has 1 rings (SSSR count).